The third-order valence-electron chi connectivity index (χ3n) is 2.97. The van der Waals surface area contributed by atoms with E-state index in [1.165, 1.54) is 12.1 Å². The van der Waals surface area contributed by atoms with E-state index in [2.05, 4.69) is 0 Å². The molecule has 17 heavy (non-hydrogen) atoms. The molecule has 1 aromatic carbocycles. The highest BCUT2D eigenvalue weighted by Gasteiger charge is 2.24. The molecule has 0 amide bonds. The quantitative estimate of drug-likeness (QED) is 0.884. The van der Waals surface area contributed by atoms with Gasteiger partial charge in [-0.15, -0.1) is 0 Å². The van der Waals surface area contributed by atoms with Crippen LogP contribution in [0.15, 0.2) is 29.2 Å². The first-order valence-electron chi connectivity index (χ1n) is 5.64. The molecule has 3 unspecified atom stereocenters. The van der Waals surface area contributed by atoms with Crippen molar-refractivity contribution in [2.45, 2.75) is 17.4 Å². The molecular formula is C12H16FNO2S. The number of nitrogens with two attached hydrogens (primary N) is 1. The van der Waals surface area contributed by atoms with E-state index >= 15 is 0 Å². The molecule has 1 fully saturated rings. The van der Waals surface area contributed by atoms with Crippen LogP contribution in [0.5, 0.6) is 0 Å². The fourth-order valence-corrected chi connectivity index (χ4v) is 3.19. The Labute approximate surface area is 103 Å². The summed E-state index contributed by atoms with van der Waals surface area (Å²) in [7, 11) is -1.24. The molecule has 1 aliphatic heterocycles. The lowest BCUT2D eigenvalue weighted by molar-refractivity contribution is 0.182. The summed E-state index contributed by atoms with van der Waals surface area (Å²) in [5.41, 5.74) is 5.99. The highest BCUT2D eigenvalue weighted by atomic mass is 32.2. The van der Waals surface area contributed by atoms with Gasteiger partial charge < -0.3 is 10.5 Å². The van der Waals surface area contributed by atoms with Crippen LogP contribution in [0.1, 0.15) is 6.42 Å². The summed E-state index contributed by atoms with van der Waals surface area (Å²) in [5.74, 6) is 0.262. The smallest absolute Gasteiger partial charge is 0.124 e. The molecular weight excluding hydrogens is 241 g/mol. The van der Waals surface area contributed by atoms with E-state index in [1.54, 1.807) is 12.1 Å². The van der Waals surface area contributed by atoms with Gasteiger partial charge in [-0.3, -0.25) is 4.21 Å². The zero-order valence-corrected chi connectivity index (χ0v) is 10.3. The Balaban J connectivity index is 1.96. The number of hydrogen-bond donors (Lipinski definition) is 1. The molecule has 0 aliphatic carbocycles. The van der Waals surface area contributed by atoms with E-state index in [4.69, 9.17) is 10.5 Å². The van der Waals surface area contributed by atoms with Gasteiger partial charge in [0.15, 0.2) is 0 Å². The summed E-state index contributed by atoms with van der Waals surface area (Å²) in [6.45, 7) is 1.37. The maximum absolute atomic E-state index is 13.0. The summed E-state index contributed by atoms with van der Waals surface area (Å²) >= 11 is 0. The molecule has 0 radical (unpaired) electrons. The average Bonchev–Trinajstić information content (AvgIpc) is 2.82. The zero-order valence-electron chi connectivity index (χ0n) is 9.47. The van der Waals surface area contributed by atoms with Crippen molar-refractivity contribution in [3.05, 3.63) is 30.1 Å². The van der Waals surface area contributed by atoms with Crippen molar-refractivity contribution in [2.75, 3.05) is 19.0 Å². The second kappa shape index (κ2) is 5.71. The molecule has 1 aromatic rings. The molecule has 0 aromatic heterocycles. The van der Waals surface area contributed by atoms with Crippen LogP contribution in [0.3, 0.4) is 0 Å². The fourth-order valence-electron chi connectivity index (χ4n) is 1.91. The van der Waals surface area contributed by atoms with Gasteiger partial charge in [-0.1, -0.05) is 6.07 Å². The number of hydrogen-bond acceptors (Lipinski definition) is 3. The highest BCUT2D eigenvalue weighted by molar-refractivity contribution is 7.85. The minimum atomic E-state index is -1.24. The SMILES string of the molecule is NC(CS(=O)c1cccc(F)c1)C1CCOC1. The van der Waals surface area contributed by atoms with Crippen LogP contribution in [-0.4, -0.2) is 29.2 Å². The molecule has 0 spiro atoms. The molecule has 3 nitrogen and oxygen atoms in total. The second-order valence-electron chi connectivity index (χ2n) is 4.26. The van der Waals surface area contributed by atoms with Gasteiger partial charge in [0.25, 0.3) is 0 Å². The summed E-state index contributed by atoms with van der Waals surface area (Å²) < 4.78 is 30.2. The van der Waals surface area contributed by atoms with Crippen molar-refractivity contribution in [1.82, 2.24) is 0 Å². The molecule has 0 saturated carbocycles. The lowest BCUT2D eigenvalue weighted by atomic mass is 10.0. The first-order chi connectivity index (χ1) is 8.16. The fraction of sp³-hybridized carbons (Fsp3) is 0.500. The summed E-state index contributed by atoms with van der Waals surface area (Å²) in [5, 5.41) is 0. The predicted octanol–water partition coefficient (Wildman–Crippen LogP) is 1.30. The van der Waals surface area contributed by atoms with Crippen LogP contribution >= 0.6 is 0 Å². The van der Waals surface area contributed by atoms with Crippen molar-refractivity contribution in [3.63, 3.8) is 0 Å². The Bertz CT molecular complexity index is 407. The third kappa shape index (κ3) is 3.34. The maximum Gasteiger partial charge on any atom is 0.124 e. The van der Waals surface area contributed by atoms with Gasteiger partial charge in [-0.2, -0.15) is 0 Å². The van der Waals surface area contributed by atoms with E-state index in [1.807, 2.05) is 0 Å². The average molecular weight is 257 g/mol. The largest absolute Gasteiger partial charge is 0.381 e. The van der Waals surface area contributed by atoms with Gasteiger partial charge >= 0.3 is 0 Å². The van der Waals surface area contributed by atoms with Crippen molar-refractivity contribution in [1.29, 1.82) is 0 Å². The Kier molecular flexibility index (Phi) is 4.25. The summed E-state index contributed by atoms with van der Waals surface area (Å²) in [6, 6.07) is 5.71. The molecule has 1 saturated heterocycles. The lowest BCUT2D eigenvalue weighted by Crippen LogP contribution is -2.35. The summed E-state index contributed by atoms with van der Waals surface area (Å²) in [4.78, 5) is 0.499. The van der Waals surface area contributed by atoms with Gasteiger partial charge in [-0.25, -0.2) is 4.39 Å². The van der Waals surface area contributed by atoms with E-state index in [9.17, 15) is 8.60 Å². The molecule has 3 atom stereocenters. The van der Waals surface area contributed by atoms with Crippen molar-refractivity contribution < 1.29 is 13.3 Å². The number of ether oxygens (including phenoxy) is 1. The van der Waals surface area contributed by atoms with Gasteiger partial charge in [0.2, 0.25) is 0 Å². The predicted molar refractivity (Wildman–Crippen MR) is 64.6 cm³/mol. The van der Waals surface area contributed by atoms with E-state index in [-0.39, 0.29) is 17.8 Å². The Morgan fingerprint density at radius 1 is 1.59 bits per heavy atom. The Morgan fingerprint density at radius 3 is 3.06 bits per heavy atom. The number of rotatable bonds is 4. The number of benzene rings is 1. The van der Waals surface area contributed by atoms with Gasteiger partial charge in [0, 0.05) is 29.2 Å². The van der Waals surface area contributed by atoms with E-state index in [0.29, 0.717) is 17.3 Å². The standard InChI is InChI=1S/C12H16FNO2S/c13-10-2-1-3-11(6-10)17(15)8-12(14)9-4-5-16-7-9/h1-3,6,9,12H,4-5,7-8,14H2. The van der Waals surface area contributed by atoms with Crippen LogP contribution in [-0.2, 0) is 15.5 Å². The third-order valence-corrected chi connectivity index (χ3v) is 4.44. The van der Waals surface area contributed by atoms with Gasteiger partial charge in [0.1, 0.15) is 5.82 Å². The molecule has 2 rings (SSSR count). The van der Waals surface area contributed by atoms with Crippen LogP contribution in [0.4, 0.5) is 4.39 Å². The van der Waals surface area contributed by atoms with Gasteiger partial charge in [-0.05, 0) is 24.6 Å². The van der Waals surface area contributed by atoms with Crippen molar-refractivity contribution in [3.8, 4) is 0 Å². The topological polar surface area (TPSA) is 52.3 Å². The molecule has 5 heteroatoms. The zero-order chi connectivity index (χ0) is 12.3. The van der Waals surface area contributed by atoms with E-state index < -0.39 is 10.8 Å². The second-order valence-corrected chi connectivity index (χ2v) is 5.75. The molecule has 2 N–H and O–H groups in total. The highest BCUT2D eigenvalue weighted by Crippen LogP contribution is 2.18. The Hall–Kier alpha value is -0.780. The molecule has 1 aliphatic rings. The molecule has 1 heterocycles. The normalized spacial score (nSPS) is 23.5. The summed E-state index contributed by atoms with van der Waals surface area (Å²) in [6.07, 6.45) is 0.918. The van der Waals surface area contributed by atoms with Crippen LogP contribution in [0.2, 0.25) is 0 Å². The first kappa shape index (κ1) is 12.7. The van der Waals surface area contributed by atoms with Crippen LogP contribution < -0.4 is 5.73 Å². The minimum absolute atomic E-state index is 0.151. The van der Waals surface area contributed by atoms with Crippen molar-refractivity contribution in [2.24, 2.45) is 11.7 Å². The maximum atomic E-state index is 13.0. The van der Waals surface area contributed by atoms with Crippen LogP contribution in [0.25, 0.3) is 0 Å². The first-order valence-corrected chi connectivity index (χ1v) is 6.96. The minimum Gasteiger partial charge on any atom is -0.381 e. The Morgan fingerprint density at radius 2 is 2.41 bits per heavy atom. The monoisotopic (exact) mass is 257 g/mol. The lowest BCUT2D eigenvalue weighted by Gasteiger charge is -2.16. The molecule has 94 valence electrons. The van der Waals surface area contributed by atoms with Gasteiger partial charge in [0.05, 0.1) is 17.4 Å². The number of halogens is 1. The molecule has 0 bridgehead atoms. The van der Waals surface area contributed by atoms with Crippen LogP contribution in [0, 0.1) is 11.7 Å². The van der Waals surface area contributed by atoms with E-state index in [0.717, 1.165) is 13.0 Å². The van der Waals surface area contributed by atoms with Crippen molar-refractivity contribution >= 4 is 10.8 Å².